The Morgan fingerprint density at radius 2 is 1.96 bits per heavy atom. The lowest BCUT2D eigenvalue weighted by Crippen LogP contribution is -2.44. The molecule has 132 valence electrons. The Kier molecular flexibility index (Phi) is 4.54. The number of aromatic nitrogens is 2. The highest BCUT2D eigenvalue weighted by Crippen LogP contribution is 2.21. The molecule has 2 heterocycles. The quantitative estimate of drug-likeness (QED) is 0.789. The largest absolute Gasteiger partial charge is 0.325 e. The van der Waals surface area contributed by atoms with Gasteiger partial charge in [-0.2, -0.15) is 5.10 Å². The highest BCUT2D eigenvalue weighted by molar-refractivity contribution is 5.94. The molecule has 1 aromatic heterocycles. The van der Waals surface area contributed by atoms with Crippen molar-refractivity contribution in [1.29, 1.82) is 0 Å². The van der Waals surface area contributed by atoms with Crippen LogP contribution >= 0.6 is 0 Å². The third-order valence-electron chi connectivity index (χ3n) is 4.97. The predicted molar refractivity (Wildman–Crippen MR) is 102 cm³/mol. The first-order valence-corrected chi connectivity index (χ1v) is 8.92. The number of fused-ring (bicyclic) bond motifs is 1. The molecule has 4 rings (SSSR count). The summed E-state index contributed by atoms with van der Waals surface area (Å²) in [6.07, 6.45) is 4.61. The molecule has 1 N–H and O–H groups in total. The van der Waals surface area contributed by atoms with E-state index in [1.165, 1.54) is 11.1 Å². The van der Waals surface area contributed by atoms with Crippen molar-refractivity contribution in [2.75, 3.05) is 11.9 Å². The van der Waals surface area contributed by atoms with Crippen LogP contribution < -0.4 is 5.32 Å². The molecule has 1 amide bonds. The van der Waals surface area contributed by atoms with Crippen LogP contribution in [0.5, 0.6) is 0 Å². The van der Waals surface area contributed by atoms with Crippen LogP contribution in [0.4, 0.5) is 5.69 Å². The number of hydrogen-bond acceptors (Lipinski definition) is 3. The van der Waals surface area contributed by atoms with Gasteiger partial charge in [0, 0.05) is 31.2 Å². The van der Waals surface area contributed by atoms with Crippen LogP contribution in [0.25, 0.3) is 5.69 Å². The van der Waals surface area contributed by atoms with E-state index in [9.17, 15) is 4.79 Å². The average Bonchev–Trinajstić information content (AvgIpc) is 3.22. The number of amides is 1. The van der Waals surface area contributed by atoms with Gasteiger partial charge in [0.25, 0.3) is 0 Å². The minimum atomic E-state index is -0.184. The van der Waals surface area contributed by atoms with E-state index in [4.69, 9.17) is 0 Å². The second-order valence-corrected chi connectivity index (χ2v) is 6.66. The Balaban J connectivity index is 1.44. The fourth-order valence-electron chi connectivity index (χ4n) is 3.41. The van der Waals surface area contributed by atoms with Crippen LogP contribution in [0, 0.1) is 0 Å². The second-order valence-electron chi connectivity index (χ2n) is 6.66. The third kappa shape index (κ3) is 3.39. The molecular formula is C21H22N4O. The van der Waals surface area contributed by atoms with Crippen LogP contribution in [0.1, 0.15) is 18.1 Å². The maximum atomic E-state index is 12.7. The SMILES string of the molecule is CC(C(=O)Nc1cccc(-n2cccn2)c1)N1CCc2ccccc2C1. The first kappa shape index (κ1) is 16.5. The number of benzene rings is 2. The lowest BCUT2D eigenvalue weighted by Gasteiger charge is -2.32. The summed E-state index contributed by atoms with van der Waals surface area (Å²) in [5.41, 5.74) is 4.42. The van der Waals surface area contributed by atoms with Gasteiger partial charge in [-0.15, -0.1) is 0 Å². The van der Waals surface area contributed by atoms with Gasteiger partial charge < -0.3 is 5.32 Å². The molecule has 5 nitrogen and oxygen atoms in total. The molecule has 0 fully saturated rings. The monoisotopic (exact) mass is 346 g/mol. The van der Waals surface area contributed by atoms with Crippen LogP contribution in [0.2, 0.25) is 0 Å². The molecule has 1 atom stereocenters. The van der Waals surface area contributed by atoms with Gasteiger partial charge in [0.15, 0.2) is 0 Å². The molecule has 0 saturated heterocycles. The molecule has 0 radical (unpaired) electrons. The number of nitrogens with zero attached hydrogens (tertiary/aromatic N) is 3. The molecule has 2 aromatic carbocycles. The predicted octanol–water partition coefficient (Wildman–Crippen LogP) is 3.26. The van der Waals surface area contributed by atoms with E-state index in [0.717, 1.165) is 30.9 Å². The Hall–Kier alpha value is -2.92. The molecule has 0 aliphatic carbocycles. The van der Waals surface area contributed by atoms with E-state index in [-0.39, 0.29) is 11.9 Å². The van der Waals surface area contributed by atoms with Crippen LogP contribution in [0.3, 0.4) is 0 Å². The lowest BCUT2D eigenvalue weighted by molar-refractivity contribution is -0.121. The summed E-state index contributed by atoms with van der Waals surface area (Å²) in [6.45, 7) is 3.69. The Morgan fingerprint density at radius 3 is 2.77 bits per heavy atom. The minimum absolute atomic E-state index is 0.0157. The maximum absolute atomic E-state index is 12.7. The van der Waals surface area contributed by atoms with E-state index in [0.29, 0.717) is 0 Å². The molecule has 3 aromatic rings. The first-order chi connectivity index (χ1) is 12.7. The van der Waals surface area contributed by atoms with Gasteiger partial charge in [-0.25, -0.2) is 4.68 Å². The molecule has 26 heavy (non-hydrogen) atoms. The summed E-state index contributed by atoms with van der Waals surface area (Å²) in [4.78, 5) is 15.0. The topological polar surface area (TPSA) is 50.2 Å². The van der Waals surface area contributed by atoms with Crippen LogP contribution in [-0.2, 0) is 17.8 Å². The smallest absolute Gasteiger partial charge is 0.241 e. The van der Waals surface area contributed by atoms with Gasteiger partial charge in [-0.3, -0.25) is 9.69 Å². The van der Waals surface area contributed by atoms with Gasteiger partial charge in [0.05, 0.1) is 11.7 Å². The zero-order valence-electron chi connectivity index (χ0n) is 14.8. The van der Waals surface area contributed by atoms with E-state index < -0.39 is 0 Å². The number of carbonyl (C=O) groups is 1. The normalized spacial score (nSPS) is 15.3. The van der Waals surface area contributed by atoms with Crippen molar-refractivity contribution < 1.29 is 4.79 Å². The van der Waals surface area contributed by atoms with Gasteiger partial charge >= 0.3 is 0 Å². The summed E-state index contributed by atoms with van der Waals surface area (Å²) in [5.74, 6) is 0.0157. The second kappa shape index (κ2) is 7.14. The number of hydrogen-bond donors (Lipinski definition) is 1. The fourth-order valence-corrected chi connectivity index (χ4v) is 3.41. The maximum Gasteiger partial charge on any atom is 0.241 e. The zero-order chi connectivity index (χ0) is 17.9. The summed E-state index contributed by atoms with van der Waals surface area (Å²) >= 11 is 0. The standard InChI is InChI=1S/C21H22N4O/c1-16(24-13-10-17-6-2-3-7-18(17)15-24)21(26)23-19-8-4-9-20(14-19)25-12-5-11-22-25/h2-9,11-12,14,16H,10,13,15H2,1H3,(H,23,26). The highest BCUT2D eigenvalue weighted by atomic mass is 16.2. The van der Waals surface area contributed by atoms with E-state index in [1.54, 1.807) is 10.9 Å². The summed E-state index contributed by atoms with van der Waals surface area (Å²) in [6, 6.07) is 17.9. The Bertz CT molecular complexity index is 904. The number of carbonyl (C=O) groups excluding carboxylic acids is 1. The summed E-state index contributed by atoms with van der Waals surface area (Å²) < 4.78 is 1.78. The van der Waals surface area contributed by atoms with Crippen molar-refractivity contribution in [3.8, 4) is 5.69 Å². The van der Waals surface area contributed by atoms with E-state index in [2.05, 4.69) is 39.6 Å². The fraction of sp³-hybridized carbons (Fsp3) is 0.238. The van der Waals surface area contributed by atoms with Gasteiger partial charge in [0.1, 0.15) is 0 Å². The van der Waals surface area contributed by atoms with Gasteiger partial charge in [-0.1, -0.05) is 30.3 Å². The molecule has 1 aliphatic rings. The number of rotatable bonds is 4. The number of nitrogens with one attached hydrogen (secondary N) is 1. The Labute approximate surface area is 153 Å². The van der Waals surface area contributed by atoms with Crippen molar-refractivity contribution in [2.24, 2.45) is 0 Å². The van der Waals surface area contributed by atoms with Crippen molar-refractivity contribution in [1.82, 2.24) is 14.7 Å². The zero-order valence-corrected chi connectivity index (χ0v) is 14.8. The molecule has 5 heteroatoms. The van der Waals surface area contributed by atoms with Crippen molar-refractivity contribution in [2.45, 2.75) is 25.9 Å². The molecular weight excluding hydrogens is 324 g/mol. The lowest BCUT2D eigenvalue weighted by atomic mass is 9.99. The first-order valence-electron chi connectivity index (χ1n) is 8.92. The third-order valence-corrected chi connectivity index (χ3v) is 4.97. The summed E-state index contributed by atoms with van der Waals surface area (Å²) in [5, 5.41) is 7.28. The average molecular weight is 346 g/mol. The van der Waals surface area contributed by atoms with Crippen molar-refractivity contribution in [3.63, 3.8) is 0 Å². The number of anilines is 1. The molecule has 0 saturated carbocycles. The summed E-state index contributed by atoms with van der Waals surface area (Å²) in [7, 11) is 0. The molecule has 0 bridgehead atoms. The molecule has 1 unspecified atom stereocenters. The van der Waals surface area contributed by atoms with Crippen molar-refractivity contribution in [3.05, 3.63) is 78.1 Å². The minimum Gasteiger partial charge on any atom is -0.325 e. The van der Waals surface area contributed by atoms with Crippen LogP contribution in [-0.4, -0.2) is 33.2 Å². The van der Waals surface area contributed by atoms with Crippen LogP contribution in [0.15, 0.2) is 67.0 Å². The van der Waals surface area contributed by atoms with E-state index in [1.807, 2.05) is 43.5 Å². The van der Waals surface area contributed by atoms with E-state index >= 15 is 0 Å². The highest BCUT2D eigenvalue weighted by Gasteiger charge is 2.25. The molecule has 0 spiro atoms. The van der Waals surface area contributed by atoms with Crippen molar-refractivity contribution >= 4 is 11.6 Å². The van der Waals surface area contributed by atoms with Gasteiger partial charge in [-0.05, 0) is 48.7 Å². The van der Waals surface area contributed by atoms with Gasteiger partial charge in [0.2, 0.25) is 5.91 Å². The molecule has 1 aliphatic heterocycles. The Morgan fingerprint density at radius 1 is 1.12 bits per heavy atom.